The van der Waals surface area contributed by atoms with Crippen molar-refractivity contribution in [3.8, 4) is 0 Å². The number of ether oxygens (including phenoxy) is 1. The number of benzene rings is 1. The normalized spacial score (nSPS) is 19.3. The van der Waals surface area contributed by atoms with Crippen molar-refractivity contribution in [1.82, 2.24) is 14.5 Å². The van der Waals surface area contributed by atoms with Crippen LogP contribution in [0.1, 0.15) is 26.7 Å². The highest BCUT2D eigenvalue weighted by Crippen LogP contribution is 2.23. The van der Waals surface area contributed by atoms with Crippen LogP contribution < -0.4 is 5.56 Å². The molecule has 0 spiro atoms. The van der Waals surface area contributed by atoms with Gasteiger partial charge in [0.2, 0.25) is 5.91 Å². The Balaban J connectivity index is 1.82. The third kappa shape index (κ3) is 5.18. The summed E-state index contributed by atoms with van der Waals surface area (Å²) in [7, 11) is 1.32. The minimum atomic E-state index is -0.395. The lowest BCUT2D eigenvalue weighted by Gasteiger charge is -2.35. The number of carbonyl (C=O) groups is 2. The van der Waals surface area contributed by atoms with Crippen LogP contribution in [0.3, 0.4) is 0 Å². The molecule has 1 saturated heterocycles. The molecule has 1 amide bonds. The first kappa shape index (κ1) is 21.4. The SMILES string of the molecule is COC(=O)CCn1c(SCC(=O)N2C[C@H](C)C[C@@H](C)C2)nc2ccccc2c1=O. The van der Waals surface area contributed by atoms with Crippen LogP contribution in [0, 0.1) is 11.8 Å². The number of aromatic nitrogens is 2. The van der Waals surface area contributed by atoms with Gasteiger partial charge < -0.3 is 9.64 Å². The standard InChI is InChI=1S/C21H27N3O4S/c1-14-10-15(2)12-23(11-14)18(25)13-29-21-22-17-7-5-4-6-16(17)20(27)24(21)9-8-19(26)28-3/h4-7,14-15H,8-13H2,1-3H3/t14-,15-/m1/s1. The number of methoxy groups -OCH3 is 1. The van der Waals surface area contributed by atoms with Gasteiger partial charge in [-0.05, 0) is 30.4 Å². The summed E-state index contributed by atoms with van der Waals surface area (Å²) >= 11 is 1.25. The Morgan fingerprint density at radius 1 is 1.21 bits per heavy atom. The number of piperidine rings is 1. The monoisotopic (exact) mass is 417 g/mol. The highest BCUT2D eigenvalue weighted by molar-refractivity contribution is 7.99. The van der Waals surface area contributed by atoms with Gasteiger partial charge in [-0.3, -0.25) is 19.0 Å². The largest absolute Gasteiger partial charge is 0.469 e. The minimum Gasteiger partial charge on any atom is -0.469 e. The molecule has 0 radical (unpaired) electrons. The Morgan fingerprint density at radius 2 is 1.90 bits per heavy atom. The quantitative estimate of drug-likeness (QED) is 0.408. The number of likely N-dealkylation sites (tertiary alicyclic amines) is 1. The molecule has 0 saturated carbocycles. The van der Waals surface area contributed by atoms with Gasteiger partial charge in [0.1, 0.15) is 0 Å². The molecule has 8 heteroatoms. The third-order valence-corrected chi connectivity index (χ3v) is 6.10. The van der Waals surface area contributed by atoms with Gasteiger partial charge in [0.25, 0.3) is 5.56 Å². The minimum absolute atomic E-state index is 0.0512. The zero-order chi connectivity index (χ0) is 21.0. The highest BCUT2D eigenvalue weighted by atomic mass is 32.2. The molecule has 2 heterocycles. The summed E-state index contributed by atoms with van der Waals surface area (Å²) < 4.78 is 6.17. The van der Waals surface area contributed by atoms with E-state index in [0.717, 1.165) is 19.5 Å². The second-order valence-corrected chi connectivity index (χ2v) is 8.67. The predicted molar refractivity (Wildman–Crippen MR) is 113 cm³/mol. The maximum absolute atomic E-state index is 12.9. The number of esters is 1. The molecule has 0 bridgehead atoms. The van der Waals surface area contributed by atoms with Crippen LogP contribution >= 0.6 is 11.8 Å². The van der Waals surface area contributed by atoms with Crippen molar-refractivity contribution < 1.29 is 14.3 Å². The zero-order valence-electron chi connectivity index (χ0n) is 17.1. The summed E-state index contributed by atoms with van der Waals surface area (Å²) in [6.07, 6.45) is 1.20. The van der Waals surface area contributed by atoms with Crippen molar-refractivity contribution in [2.45, 2.75) is 38.4 Å². The van der Waals surface area contributed by atoms with Crippen LogP contribution in [0.4, 0.5) is 0 Å². The van der Waals surface area contributed by atoms with Crippen LogP contribution in [-0.2, 0) is 20.9 Å². The van der Waals surface area contributed by atoms with Gasteiger partial charge >= 0.3 is 5.97 Å². The molecule has 0 N–H and O–H groups in total. The molecule has 1 aromatic carbocycles. The van der Waals surface area contributed by atoms with Crippen LogP contribution in [0.5, 0.6) is 0 Å². The van der Waals surface area contributed by atoms with Crippen LogP contribution in [0.15, 0.2) is 34.2 Å². The maximum atomic E-state index is 12.9. The average molecular weight is 418 g/mol. The van der Waals surface area contributed by atoms with E-state index in [1.54, 1.807) is 18.2 Å². The van der Waals surface area contributed by atoms with E-state index < -0.39 is 5.97 Å². The summed E-state index contributed by atoms with van der Waals surface area (Å²) in [5.74, 6) is 0.848. The Kier molecular flexibility index (Phi) is 6.95. The lowest BCUT2D eigenvalue weighted by Crippen LogP contribution is -2.43. The fourth-order valence-corrected chi connectivity index (χ4v) is 4.77. The topological polar surface area (TPSA) is 81.5 Å². The van der Waals surface area contributed by atoms with E-state index in [2.05, 4.69) is 18.8 Å². The second kappa shape index (κ2) is 9.43. The van der Waals surface area contributed by atoms with Gasteiger partial charge in [0.05, 0.1) is 30.2 Å². The predicted octanol–water partition coefficient (Wildman–Crippen LogP) is 2.56. The lowest BCUT2D eigenvalue weighted by molar-refractivity contribution is -0.141. The van der Waals surface area contributed by atoms with Crippen LogP contribution in [0.2, 0.25) is 0 Å². The molecule has 0 unspecified atom stereocenters. The molecule has 156 valence electrons. The molecule has 1 aromatic heterocycles. The van der Waals surface area contributed by atoms with Crippen LogP contribution in [0.25, 0.3) is 10.9 Å². The van der Waals surface area contributed by atoms with Crippen molar-refractivity contribution in [2.24, 2.45) is 11.8 Å². The third-order valence-electron chi connectivity index (χ3n) is 5.14. The van der Waals surface area contributed by atoms with E-state index >= 15 is 0 Å². The van der Waals surface area contributed by atoms with Crippen molar-refractivity contribution >= 4 is 34.5 Å². The van der Waals surface area contributed by atoms with E-state index in [1.165, 1.54) is 23.4 Å². The summed E-state index contributed by atoms with van der Waals surface area (Å²) in [4.78, 5) is 43.8. The molecule has 7 nitrogen and oxygen atoms in total. The first-order valence-corrected chi connectivity index (χ1v) is 10.8. The van der Waals surface area contributed by atoms with Crippen molar-refractivity contribution in [2.75, 3.05) is 26.0 Å². The Morgan fingerprint density at radius 3 is 2.59 bits per heavy atom. The summed E-state index contributed by atoms with van der Waals surface area (Å²) in [6.45, 7) is 6.03. The highest BCUT2D eigenvalue weighted by Gasteiger charge is 2.25. The first-order chi connectivity index (χ1) is 13.9. The van der Waals surface area contributed by atoms with E-state index in [0.29, 0.717) is 27.9 Å². The molecular formula is C21H27N3O4S. The first-order valence-electron chi connectivity index (χ1n) is 9.86. The van der Waals surface area contributed by atoms with E-state index in [4.69, 9.17) is 4.74 Å². The lowest BCUT2D eigenvalue weighted by atomic mass is 9.92. The summed E-state index contributed by atoms with van der Waals surface area (Å²) in [6, 6.07) is 7.10. The number of carbonyl (C=O) groups excluding carboxylic acids is 2. The molecule has 3 rings (SSSR count). The second-order valence-electron chi connectivity index (χ2n) is 7.73. The molecule has 2 aromatic rings. The smallest absolute Gasteiger partial charge is 0.307 e. The number of hydrogen-bond donors (Lipinski definition) is 0. The number of amides is 1. The summed E-state index contributed by atoms with van der Waals surface area (Å²) in [5, 5.41) is 0.941. The number of rotatable bonds is 6. The number of fused-ring (bicyclic) bond motifs is 1. The number of thioether (sulfide) groups is 1. The van der Waals surface area contributed by atoms with E-state index in [1.807, 2.05) is 11.0 Å². The van der Waals surface area contributed by atoms with Crippen molar-refractivity contribution in [1.29, 1.82) is 0 Å². The van der Waals surface area contributed by atoms with E-state index in [9.17, 15) is 14.4 Å². The molecule has 1 fully saturated rings. The van der Waals surface area contributed by atoms with Crippen molar-refractivity contribution in [3.63, 3.8) is 0 Å². The van der Waals surface area contributed by atoms with Crippen molar-refractivity contribution in [3.05, 3.63) is 34.6 Å². The Hall–Kier alpha value is -2.35. The van der Waals surface area contributed by atoms with E-state index in [-0.39, 0.29) is 30.2 Å². The molecule has 1 aliphatic rings. The van der Waals surface area contributed by atoms with Gasteiger partial charge in [0.15, 0.2) is 5.16 Å². The molecule has 0 aliphatic carbocycles. The maximum Gasteiger partial charge on any atom is 0.307 e. The molecule has 29 heavy (non-hydrogen) atoms. The molecule has 2 atom stereocenters. The van der Waals surface area contributed by atoms with Gasteiger partial charge in [-0.25, -0.2) is 4.98 Å². The number of nitrogens with zero attached hydrogens (tertiary/aromatic N) is 3. The van der Waals surface area contributed by atoms with Gasteiger partial charge in [0, 0.05) is 19.6 Å². The fourth-order valence-electron chi connectivity index (χ4n) is 3.84. The van der Waals surface area contributed by atoms with Gasteiger partial charge in [-0.1, -0.05) is 37.7 Å². The average Bonchev–Trinajstić information content (AvgIpc) is 2.70. The zero-order valence-corrected chi connectivity index (χ0v) is 17.9. The fraction of sp³-hybridized carbons (Fsp3) is 0.524. The Bertz CT molecular complexity index is 949. The number of hydrogen-bond acceptors (Lipinski definition) is 6. The van der Waals surface area contributed by atoms with Gasteiger partial charge in [-0.15, -0.1) is 0 Å². The van der Waals surface area contributed by atoms with Gasteiger partial charge in [-0.2, -0.15) is 0 Å². The Labute approximate surface area is 174 Å². The molecule has 1 aliphatic heterocycles. The number of para-hydroxylation sites is 1. The molecular weight excluding hydrogens is 390 g/mol. The van der Waals surface area contributed by atoms with Crippen LogP contribution in [-0.4, -0.2) is 52.3 Å². The summed E-state index contributed by atoms with van der Waals surface area (Å²) in [5.41, 5.74) is 0.372.